The van der Waals surface area contributed by atoms with Crippen molar-refractivity contribution in [2.24, 2.45) is 5.73 Å². The van der Waals surface area contributed by atoms with E-state index in [0.29, 0.717) is 21.7 Å². The van der Waals surface area contributed by atoms with E-state index in [4.69, 9.17) is 17.3 Å². The molecule has 0 aliphatic heterocycles. The van der Waals surface area contributed by atoms with Crippen LogP contribution in [-0.2, 0) is 0 Å². The molecule has 128 valence electrons. The van der Waals surface area contributed by atoms with Crippen LogP contribution < -0.4 is 10.6 Å². The van der Waals surface area contributed by atoms with Gasteiger partial charge in [0.05, 0.1) is 23.0 Å². The Morgan fingerprint density at radius 3 is 2.44 bits per heavy atom. The van der Waals surface area contributed by atoms with E-state index < -0.39 is 5.91 Å². The Kier molecular flexibility index (Phi) is 4.86. The highest BCUT2D eigenvalue weighted by Crippen LogP contribution is 2.26. The Bertz CT molecular complexity index is 921. The van der Waals surface area contributed by atoms with E-state index in [2.05, 4.69) is 40.8 Å². The summed E-state index contributed by atoms with van der Waals surface area (Å²) in [6, 6.07) is 11.3. The van der Waals surface area contributed by atoms with Crippen molar-refractivity contribution >= 4 is 34.2 Å². The van der Waals surface area contributed by atoms with Crippen molar-refractivity contribution in [2.75, 3.05) is 18.0 Å². The predicted octanol–water partition coefficient (Wildman–Crippen LogP) is 3.90. The highest BCUT2D eigenvalue weighted by molar-refractivity contribution is 6.32. The Morgan fingerprint density at radius 1 is 1.16 bits per heavy atom. The van der Waals surface area contributed by atoms with Crippen LogP contribution in [-0.4, -0.2) is 29.0 Å². The number of aromatic nitrogens is 2. The molecule has 0 radical (unpaired) electrons. The molecule has 1 aromatic heterocycles. The summed E-state index contributed by atoms with van der Waals surface area (Å²) in [5.41, 5.74) is 9.50. The van der Waals surface area contributed by atoms with Gasteiger partial charge in [0.2, 0.25) is 0 Å². The highest BCUT2D eigenvalue weighted by atomic mass is 35.5. The van der Waals surface area contributed by atoms with Gasteiger partial charge in [-0.1, -0.05) is 23.7 Å². The molecule has 0 saturated heterocycles. The minimum atomic E-state index is -0.573. The van der Waals surface area contributed by atoms with E-state index in [0.717, 1.165) is 24.3 Å². The topological polar surface area (TPSA) is 72.1 Å². The monoisotopic (exact) mass is 354 g/mol. The third-order valence-corrected chi connectivity index (χ3v) is 4.39. The fourth-order valence-corrected chi connectivity index (χ4v) is 3.05. The SMILES string of the molecule is CCN(CC)c1ccc(-c2cnc3cc(Cl)cc(C(N)=O)c3n2)cc1. The molecule has 25 heavy (non-hydrogen) atoms. The van der Waals surface area contributed by atoms with Gasteiger partial charge in [-0.25, -0.2) is 4.98 Å². The summed E-state index contributed by atoms with van der Waals surface area (Å²) in [5.74, 6) is -0.573. The van der Waals surface area contributed by atoms with Crippen LogP contribution in [0.2, 0.25) is 5.02 Å². The third-order valence-electron chi connectivity index (χ3n) is 4.17. The number of benzene rings is 2. The molecule has 0 aliphatic carbocycles. The second kappa shape index (κ2) is 7.07. The zero-order valence-electron chi connectivity index (χ0n) is 14.2. The fourth-order valence-electron chi connectivity index (χ4n) is 2.84. The lowest BCUT2D eigenvalue weighted by molar-refractivity contribution is 0.100. The van der Waals surface area contributed by atoms with Crippen molar-refractivity contribution in [3.8, 4) is 11.3 Å². The lowest BCUT2D eigenvalue weighted by atomic mass is 10.1. The standard InChI is InChI=1S/C19H19ClN4O/c1-3-24(4-2)14-7-5-12(6-8-14)17-11-22-16-10-13(20)9-15(19(21)25)18(16)23-17/h5-11H,3-4H2,1-2H3,(H2,21,25). The van der Waals surface area contributed by atoms with Crippen LogP contribution in [0.25, 0.3) is 22.3 Å². The number of carbonyl (C=O) groups excluding carboxylic acids is 1. The van der Waals surface area contributed by atoms with Gasteiger partial charge in [0.25, 0.3) is 5.91 Å². The zero-order valence-corrected chi connectivity index (χ0v) is 14.9. The number of rotatable bonds is 5. The van der Waals surface area contributed by atoms with E-state index in [9.17, 15) is 4.79 Å². The molecule has 0 aliphatic rings. The zero-order chi connectivity index (χ0) is 18.0. The van der Waals surface area contributed by atoms with Crippen LogP contribution in [0.15, 0.2) is 42.6 Å². The van der Waals surface area contributed by atoms with Crippen LogP contribution in [0, 0.1) is 0 Å². The summed E-state index contributed by atoms with van der Waals surface area (Å²) in [4.78, 5) is 22.9. The average Bonchev–Trinajstić information content (AvgIpc) is 2.62. The molecule has 5 nitrogen and oxygen atoms in total. The van der Waals surface area contributed by atoms with Gasteiger partial charge in [0.1, 0.15) is 5.52 Å². The van der Waals surface area contributed by atoms with Crippen molar-refractivity contribution in [1.82, 2.24) is 9.97 Å². The van der Waals surface area contributed by atoms with Crippen LogP contribution in [0.3, 0.4) is 0 Å². The van der Waals surface area contributed by atoms with Crippen LogP contribution in [0.4, 0.5) is 5.69 Å². The van der Waals surface area contributed by atoms with Gasteiger partial charge >= 0.3 is 0 Å². The van der Waals surface area contributed by atoms with Crippen molar-refractivity contribution in [3.63, 3.8) is 0 Å². The molecule has 2 N–H and O–H groups in total. The number of primary amides is 1. The molecule has 0 fully saturated rings. The summed E-state index contributed by atoms with van der Waals surface area (Å²) in [6.07, 6.45) is 1.68. The van der Waals surface area contributed by atoms with E-state index in [1.54, 1.807) is 12.3 Å². The number of amides is 1. The van der Waals surface area contributed by atoms with Crippen molar-refractivity contribution in [1.29, 1.82) is 0 Å². The molecule has 2 aromatic carbocycles. The van der Waals surface area contributed by atoms with Crippen LogP contribution >= 0.6 is 11.6 Å². The number of nitrogens with zero attached hydrogens (tertiary/aromatic N) is 3. The highest BCUT2D eigenvalue weighted by Gasteiger charge is 2.12. The Labute approximate surface area is 151 Å². The van der Waals surface area contributed by atoms with Crippen molar-refractivity contribution < 1.29 is 4.79 Å². The summed E-state index contributed by atoms with van der Waals surface area (Å²) >= 11 is 6.02. The average molecular weight is 355 g/mol. The Morgan fingerprint density at radius 2 is 1.84 bits per heavy atom. The molecule has 0 atom stereocenters. The van der Waals surface area contributed by atoms with Crippen LogP contribution in [0.1, 0.15) is 24.2 Å². The van der Waals surface area contributed by atoms with Crippen molar-refractivity contribution in [2.45, 2.75) is 13.8 Å². The first kappa shape index (κ1) is 17.2. The van der Waals surface area contributed by atoms with Gasteiger partial charge in [-0.2, -0.15) is 0 Å². The molecule has 1 amide bonds. The molecule has 1 heterocycles. The second-order valence-corrected chi connectivity index (χ2v) is 6.10. The summed E-state index contributed by atoms with van der Waals surface area (Å²) in [5, 5.41) is 0.409. The minimum Gasteiger partial charge on any atom is -0.372 e. The summed E-state index contributed by atoms with van der Waals surface area (Å²) in [7, 11) is 0. The number of nitrogens with two attached hydrogens (primary N) is 1. The number of carbonyl (C=O) groups is 1. The Hall–Kier alpha value is -2.66. The predicted molar refractivity (Wildman–Crippen MR) is 102 cm³/mol. The lowest BCUT2D eigenvalue weighted by Crippen LogP contribution is -2.21. The van der Waals surface area contributed by atoms with E-state index in [-0.39, 0.29) is 5.56 Å². The maximum absolute atomic E-state index is 11.7. The quantitative estimate of drug-likeness (QED) is 0.754. The summed E-state index contributed by atoms with van der Waals surface area (Å²) in [6.45, 7) is 6.16. The largest absolute Gasteiger partial charge is 0.372 e. The first-order valence-electron chi connectivity index (χ1n) is 8.15. The maximum atomic E-state index is 11.7. The molecular formula is C19H19ClN4O. The van der Waals surface area contributed by atoms with Gasteiger partial charge in [-0.15, -0.1) is 0 Å². The Balaban J connectivity index is 2.06. The molecule has 3 aromatic rings. The number of hydrogen-bond acceptors (Lipinski definition) is 4. The van der Waals surface area contributed by atoms with Gasteiger partial charge in [-0.3, -0.25) is 9.78 Å². The second-order valence-electron chi connectivity index (χ2n) is 5.66. The first-order chi connectivity index (χ1) is 12.0. The van der Waals surface area contributed by atoms with Gasteiger partial charge in [0.15, 0.2) is 0 Å². The van der Waals surface area contributed by atoms with E-state index >= 15 is 0 Å². The first-order valence-corrected chi connectivity index (χ1v) is 8.52. The normalized spacial score (nSPS) is 10.8. The number of halogens is 1. The molecular weight excluding hydrogens is 336 g/mol. The lowest BCUT2D eigenvalue weighted by Gasteiger charge is -2.21. The van der Waals surface area contributed by atoms with Crippen LogP contribution in [0.5, 0.6) is 0 Å². The van der Waals surface area contributed by atoms with Crippen molar-refractivity contribution in [3.05, 3.63) is 53.2 Å². The molecule has 0 unspecified atom stereocenters. The molecule has 0 bridgehead atoms. The number of fused-ring (bicyclic) bond motifs is 1. The fraction of sp³-hybridized carbons (Fsp3) is 0.211. The smallest absolute Gasteiger partial charge is 0.251 e. The molecule has 6 heteroatoms. The number of anilines is 1. The molecule has 0 saturated carbocycles. The third kappa shape index (κ3) is 3.42. The molecule has 3 rings (SSSR count). The van der Waals surface area contributed by atoms with E-state index in [1.165, 1.54) is 6.07 Å². The summed E-state index contributed by atoms with van der Waals surface area (Å²) < 4.78 is 0. The van der Waals surface area contributed by atoms with E-state index in [1.807, 2.05) is 12.1 Å². The van der Waals surface area contributed by atoms with Gasteiger partial charge in [0, 0.05) is 29.4 Å². The maximum Gasteiger partial charge on any atom is 0.251 e. The molecule has 0 spiro atoms. The van der Waals surface area contributed by atoms with Gasteiger partial charge in [-0.05, 0) is 38.1 Å². The minimum absolute atomic E-state index is 0.275. The number of hydrogen-bond donors (Lipinski definition) is 1. The van der Waals surface area contributed by atoms with Gasteiger partial charge < -0.3 is 10.6 Å².